The lowest BCUT2D eigenvalue weighted by Gasteiger charge is -2.09. The second-order valence-corrected chi connectivity index (χ2v) is 7.92. The summed E-state index contributed by atoms with van der Waals surface area (Å²) in [5.41, 5.74) is 1.29. The second-order valence-electron chi connectivity index (χ2n) is 6.93. The van der Waals surface area contributed by atoms with Crippen LogP contribution in [0.3, 0.4) is 0 Å². The molecule has 0 saturated carbocycles. The van der Waals surface area contributed by atoms with E-state index in [1.165, 1.54) is 22.2 Å². The molecule has 0 spiro atoms. The molecule has 0 aliphatic carbocycles. The Morgan fingerprint density at radius 2 is 2.03 bits per heavy atom. The van der Waals surface area contributed by atoms with Gasteiger partial charge in [0.25, 0.3) is 11.4 Å². The molecule has 0 aliphatic rings. The van der Waals surface area contributed by atoms with Crippen LogP contribution in [0.1, 0.15) is 19.4 Å². The lowest BCUT2D eigenvalue weighted by Crippen LogP contribution is -2.36. The Hall–Kier alpha value is -3.33. The van der Waals surface area contributed by atoms with Gasteiger partial charge in [0, 0.05) is 11.6 Å². The number of hydrogen-bond donors (Lipinski definition) is 1. The molecule has 3 aromatic heterocycles. The molecule has 8 nitrogen and oxygen atoms in total. The van der Waals surface area contributed by atoms with Crippen molar-refractivity contribution < 1.29 is 9.32 Å². The highest BCUT2D eigenvalue weighted by molar-refractivity contribution is 7.22. The third-order valence-electron chi connectivity index (χ3n) is 4.33. The maximum atomic E-state index is 12.9. The smallest absolute Gasteiger partial charge is 0.268 e. The zero-order valence-corrected chi connectivity index (χ0v) is 17.0. The molecule has 4 aromatic rings. The Bertz CT molecular complexity index is 1240. The summed E-state index contributed by atoms with van der Waals surface area (Å²) in [6.45, 7) is 5.47. The summed E-state index contributed by atoms with van der Waals surface area (Å²) in [5, 5.41) is 7.28. The van der Waals surface area contributed by atoms with Crippen LogP contribution in [-0.2, 0) is 11.3 Å². The van der Waals surface area contributed by atoms with Crippen LogP contribution in [-0.4, -0.2) is 31.6 Å². The first kappa shape index (κ1) is 19.0. The van der Waals surface area contributed by atoms with Crippen molar-refractivity contribution in [1.29, 1.82) is 0 Å². The van der Waals surface area contributed by atoms with Gasteiger partial charge >= 0.3 is 0 Å². The van der Waals surface area contributed by atoms with Crippen molar-refractivity contribution in [2.24, 2.45) is 0 Å². The van der Waals surface area contributed by atoms with Gasteiger partial charge in [0.05, 0.1) is 16.6 Å². The number of nitrogens with one attached hydrogen (secondary N) is 1. The van der Waals surface area contributed by atoms with Gasteiger partial charge in [0.2, 0.25) is 11.7 Å². The first-order valence-corrected chi connectivity index (χ1v) is 9.93. The average molecular weight is 409 g/mol. The number of aryl methyl sites for hydroxylation is 1. The lowest BCUT2D eigenvalue weighted by atomic mass is 10.2. The maximum Gasteiger partial charge on any atom is 0.268 e. The standard InChI is InChI=1S/C20H19N5O3S/c1-11(2)22-14(26)9-25-10-21-19-15(20(25)27)12(3)16(29-19)18-23-17(24-28-18)13-7-5-4-6-8-13/h4-8,10-11H,9H2,1-3H3,(H,22,26). The number of nitrogens with zero attached hydrogens (tertiary/aromatic N) is 4. The summed E-state index contributed by atoms with van der Waals surface area (Å²) in [6.07, 6.45) is 1.40. The molecule has 29 heavy (non-hydrogen) atoms. The van der Waals surface area contributed by atoms with E-state index in [1.807, 2.05) is 51.1 Å². The van der Waals surface area contributed by atoms with E-state index in [1.54, 1.807) is 0 Å². The van der Waals surface area contributed by atoms with E-state index in [0.717, 1.165) is 5.56 Å². The van der Waals surface area contributed by atoms with Crippen LogP contribution in [0.5, 0.6) is 0 Å². The first-order valence-electron chi connectivity index (χ1n) is 9.11. The van der Waals surface area contributed by atoms with Crippen molar-refractivity contribution in [3.63, 3.8) is 0 Å². The molecule has 9 heteroatoms. The van der Waals surface area contributed by atoms with Gasteiger partial charge in [-0.25, -0.2) is 4.98 Å². The van der Waals surface area contributed by atoms with Gasteiger partial charge in [0.1, 0.15) is 11.4 Å². The van der Waals surface area contributed by atoms with Gasteiger partial charge in [-0.3, -0.25) is 14.2 Å². The largest absolute Gasteiger partial charge is 0.352 e. The molecule has 0 radical (unpaired) electrons. The van der Waals surface area contributed by atoms with E-state index in [9.17, 15) is 9.59 Å². The molecular weight excluding hydrogens is 390 g/mol. The van der Waals surface area contributed by atoms with E-state index >= 15 is 0 Å². The van der Waals surface area contributed by atoms with Crippen molar-refractivity contribution in [1.82, 2.24) is 25.0 Å². The first-order chi connectivity index (χ1) is 13.9. The van der Waals surface area contributed by atoms with Crippen LogP contribution < -0.4 is 10.9 Å². The highest BCUT2D eigenvalue weighted by atomic mass is 32.1. The third kappa shape index (κ3) is 3.68. The molecule has 3 heterocycles. The Morgan fingerprint density at radius 3 is 2.76 bits per heavy atom. The number of aromatic nitrogens is 4. The molecule has 0 unspecified atom stereocenters. The molecule has 0 saturated heterocycles. The Balaban J connectivity index is 1.72. The number of benzene rings is 1. The third-order valence-corrected chi connectivity index (χ3v) is 5.52. The summed E-state index contributed by atoms with van der Waals surface area (Å²) in [4.78, 5) is 35.1. The molecule has 1 aromatic carbocycles. The molecular formula is C20H19N5O3S. The van der Waals surface area contributed by atoms with Crippen LogP contribution in [0.4, 0.5) is 0 Å². The second kappa shape index (κ2) is 7.59. The lowest BCUT2D eigenvalue weighted by molar-refractivity contribution is -0.122. The van der Waals surface area contributed by atoms with Gasteiger partial charge in [-0.15, -0.1) is 11.3 Å². The van der Waals surface area contributed by atoms with Gasteiger partial charge in [-0.05, 0) is 26.3 Å². The van der Waals surface area contributed by atoms with E-state index in [4.69, 9.17) is 4.52 Å². The predicted molar refractivity (Wildman–Crippen MR) is 111 cm³/mol. The van der Waals surface area contributed by atoms with Crippen LogP contribution in [0, 0.1) is 6.92 Å². The average Bonchev–Trinajstić information content (AvgIpc) is 3.29. The molecule has 1 amide bonds. The highest BCUT2D eigenvalue weighted by Gasteiger charge is 2.21. The van der Waals surface area contributed by atoms with Crippen molar-refractivity contribution in [2.45, 2.75) is 33.4 Å². The van der Waals surface area contributed by atoms with Gasteiger partial charge in [-0.2, -0.15) is 4.98 Å². The number of rotatable bonds is 5. The zero-order chi connectivity index (χ0) is 20.5. The molecule has 1 N–H and O–H groups in total. The van der Waals surface area contributed by atoms with Gasteiger partial charge < -0.3 is 9.84 Å². The minimum atomic E-state index is -0.267. The van der Waals surface area contributed by atoms with Crippen LogP contribution in [0.15, 0.2) is 46.0 Å². The maximum absolute atomic E-state index is 12.9. The number of fused-ring (bicyclic) bond motifs is 1. The monoisotopic (exact) mass is 409 g/mol. The fourth-order valence-electron chi connectivity index (χ4n) is 3.02. The summed E-state index contributed by atoms with van der Waals surface area (Å²) >= 11 is 1.32. The SMILES string of the molecule is Cc1c(-c2nc(-c3ccccc3)no2)sc2ncn(CC(=O)NC(C)C)c(=O)c12. The van der Waals surface area contributed by atoms with E-state index in [2.05, 4.69) is 20.4 Å². The fourth-order valence-corrected chi connectivity index (χ4v) is 4.08. The molecule has 0 bridgehead atoms. The Labute approximate surface area is 170 Å². The molecule has 148 valence electrons. The summed E-state index contributed by atoms with van der Waals surface area (Å²) in [6, 6.07) is 9.51. The summed E-state index contributed by atoms with van der Waals surface area (Å²) in [7, 11) is 0. The molecule has 0 aliphatic heterocycles. The van der Waals surface area contributed by atoms with Crippen molar-refractivity contribution >= 4 is 27.5 Å². The van der Waals surface area contributed by atoms with E-state index < -0.39 is 0 Å². The molecule has 0 fully saturated rings. The number of carbonyl (C=O) groups excluding carboxylic acids is 1. The topological polar surface area (TPSA) is 103 Å². The number of amides is 1. The van der Waals surface area contributed by atoms with E-state index in [0.29, 0.717) is 32.4 Å². The molecule has 4 rings (SSSR count). The minimum absolute atomic E-state index is 0.000663. The van der Waals surface area contributed by atoms with Crippen molar-refractivity contribution in [3.8, 4) is 22.2 Å². The zero-order valence-electron chi connectivity index (χ0n) is 16.2. The van der Waals surface area contributed by atoms with E-state index in [-0.39, 0.29) is 24.1 Å². The Kier molecular flexibility index (Phi) is 4.98. The quantitative estimate of drug-likeness (QED) is 0.543. The van der Waals surface area contributed by atoms with Crippen molar-refractivity contribution in [2.75, 3.05) is 0 Å². The normalized spacial score (nSPS) is 11.3. The highest BCUT2D eigenvalue weighted by Crippen LogP contribution is 2.35. The van der Waals surface area contributed by atoms with Crippen molar-refractivity contribution in [3.05, 3.63) is 52.6 Å². The predicted octanol–water partition coefficient (Wildman–Crippen LogP) is 3.01. The summed E-state index contributed by atoms with van der Waals surface area (Å²) in [5.74, 6) is 0.585. The number of thiophene rings is 1. The summed E-state index contributed by atoms with van der Waals surface area (Å²) < 4.78 is 6.75. The van der Waals surface area contributed by atoms with Crippen LogP contribution in [0.2, 0.25) is 0 Å². The Morgan fingerprint density at radius 1 is 1.28 bits per heavy atom. The van der Waals surface area contributed by atoms with Gasteiger partial charge in [-0.1, -0.05) is 35.5 Å². The van der Waals surface area contributed by atoms with Gasteiger partial charge in [0.15, 0.2) is 0 Å². The number of carbonyl (C=O) groups is 1. The molecule has 0 atom stereocenters. The van der Waals surface area contributed by atoms with Crippen LogP contribution >= 0.6 is 11.3 Å². The number of hydrogen-bond acceptors (Lipinski definition) is 7. The van der Waals surface area contributed by atoms with Crippen LogP contribution in [0.25, 0.3) is 32.4 Å². The minimum Gasteiger partial charge on any atom is -0.352 e. The fraction of sp³-hybridized carbons (Fsp3) is 0.250.